The predicted molar refractivity (Wildman–Crippen MR) is 72.4 cm³/mol. The molecule has 18 heavy (non-hydrogen) atoms. The van der Waals surface area contributed by atoms with Crippen molar-refractivity contribution in [1.82, 2.24) is 19.6 Å². The SMILES string of the molecule is Cc1c(CN2CCN3CCCC[C@@H]3C2)cnn1C. The summed E-state index contributed by atoms with van der Waals surface area (Å²) in [5.74, 6) is 0. The lowest BCUT2D eigenvalue weighted by Gasteiger charge is -2.44. The molecule has 0 aliphatic carbocycles. The van der Waals surface area contributed by atoms with Crippen LogP contribution in [0.2, 0.25) is 0 Å². The largest absolute Gasteiger partial charge is 0.298 e. The second-order valence-corrected chi connectivity index (χ2v) is 5.80. The molecule has 0 radical (unpaired) electrons. The molecule has 0 amide bonds. The van der Waals surface area contributed by atoms with E-state index in [1.54, 1.807) is 0 Å². The molecule has 4 nitrogen and oxygen atoms in total. The molecule has 0 N–H and O–H groups in total. The summed E-state index contributed by atoms with van der Waals surface area (Å²) >= 11 is 0. The molecule has 1 aromatic heterocycles. The van der Waals surface area contributed by atoms with Gasteiger partial charge in [0.15, 0.2) is 0 Å². The molecule has 0 unspecified atom stereocenters. The Hall–Kier alpha value is -0.870. The average Bonchev–Trinajstić information content (AvgIpc) is 2.71. The Labute approximate surface area is 110 Å². The molecule has 2 aliphatic rings. The normalized spacial score (nSPS) is 26.2. The number of hydrogen-bond donors (Lipinski definition) is 0. The Kier molecular flexibility index (Phi) is 3.39. The summed E-state index contributed by atoms with van der Waals surface area (Å²) < 4.78 is 1.98. The molecule has 1 aromatic rings. The van der Waals surface area contributed by atoms with E-state index in [0.717, 1.165) is 12.6 Å². The predicted octanol–water partition coefficient (Wildman–Crippen LogP) is 1.40. The maximum Gasteiger partial charge on any atom is 0.0537 e. The van der Waals surface area contributed by atoms with Gasteiger partial charge in [-0.1, -0.05) is 6.42 Å². The summed E-state index contributed by atoms with van der Waals surface area (Å²) in [7, 11) is 2.03. The van der Waals surface area contributed by atoms with Gasteiger partial charge in [0, 0.05) is 50.5 Å². The van der Waals surface area contributed by atoms with Crippen molar-refractivity contribution in [2.75, 3.05) is 26.2 Å². The fourth-order valence-corrected chi connectivity index (χ4v) is 3.30. The van der Waals surface area contributed by atoms with Gasteiger partial charge >= 0.3 is 0 Å². The van der Waals surface area contributed by atoms with Crippen molar-refractivity contribution >= 4 is 0 Å². The van der Waals surface area contributed by atoms with Gasteiger partial charge in [-0.05, 0) is 26.3 Å². The number of aryl methyl sites for hydroxylation is 1. The van der Waals surface area contributed by atoms with Crippen LogP contribution < -0.4 is 0 Å². The first-order valence-electron chi connectivity index (χ1n) is 7.18. The van der Waals surface area contributed by atoms with E-state index >= 15 is 0 Å². The van der Waals surface area contributed by atoms with Crippen molar-refractivity contribution < 1.29 is 0 Å². The Morgan fingerprint density at radius 3 is 2.94 bits per heavy atom. The number of piperazine rings is 1. The topological polar surface area (TPSA) is 24.3 Å². The van der Waals surface area contributed by atoms with Crippen LogP contribution in [0.5, 0.6) is 0 Å². The molecule has 3 heterocycles. The second kappa shape index (κ2) is 5.02. The molecule has 2 saturated heterocycles. The summed E-state index contributed by atoms with van der Waals surface area (Å²) in [4.78, 5) is 5.30. The third-order valence-corrected chi connectivity index (χ3v) is 4.65. The van der Waals surface area contributed by atoms with E-state index in [1.807, 2.05) is 17.9 Å². The number of nitrogens with zero attached hydrogens (tertiary/aromatic N) is 4. The minimum atomic E-state index is 0.810. The number of fused-ring (bicyclic) bond motifs is 1. The van der Waals surface area contributed by atoms with E-state index in [9.17, 15) is 0 Å². The first kappa shape index (κ1) is 12.2. The summed E-state index contributed by atoms with van der Waals surface area (Å²) in [6, 6.07) is 0.810. The van der Waals surface area contributed by atoms with Crippen LogP contribution >= 0.6 is 0 Å². The molecule has 3 rings (SSSR count). The van der Waals surface area contributed by atoms with Crippen molar-refractivity contribution in [3.05, 3.63) is 17.5 Å². The minimum absolute atomic E-state index is 0.810. The van der Waals surface area contributed by atoms with Gasteiger partial charge in [-0.15, -0.1) is 0 Å². The van der Waals surface area contributed by atoms with E-state index in [4.69, 9.17) is 0 Å². The van der Waals surface area contributed by atoms with Gasteiger partial charge in [-0.3, -0.25) is 14.5 Å². The van der Waals surface area contributed by atoms with Crippen molar-refractivity contribution in [3.8, 4) is 0 Å². The summed E-state index contributed by atoms with van der Waals surface area (Å²) in [5.41, 5.74) is 2.70. The summed E-state index contributed by atoms with van der Waals surface area (Å²) in [5, 5.41) is 4.34. The highest BCUT2D eigenvalue weighted by Gasteiger charge is 2.28. The van der Waals surface area contributed by atoms with E-state index in [1.165, 1.54) is 56.7 Å². The molecule has 0 aromatic carbocycles. The first-order chi connectivity index (χ1) is 8.74. The van der Waals surface area contributed by atoms with Gasteiger partial charge in [-0.2, -0.15) is 5.10 Å². The molecule has 0 spiro atoms. The van der Waals surface area contributed by atoms with Crippen LogP contribution in [0.15, 0.2) is 6.20 Å². The van der Waals surface area contributed by atoms with Crippen LogP contribution in [0.25, 0.3) is 0 Å². The third kappa shape index (κ3) is 2.31. The highest BCUT2D eigenvalue weighted by molar-refractivity contribution is 5.15. The van der Waals surface area contributed by atoms with E-state index < -0.39 is 0 Å². The van der Waals surface area contributed by atoms with Crippen molar-refractivity contribution in [2.24, 2.45) is 7.05 Å². The van der Waals surface area contributed by atoms with Gasteiger partial charge in [0.25, 0.3) is 0 Å². The summed E-state index contributed by atoms with van der Waals surface area (Å²) in [6.45, 7) is 8.27. The molecule has 4 heteroatoms. The lowest BCUT2D eigenvalue weighted by molar-refractivity contribution is 0.0456. The minimum Gasteiger partial charge on any atom is -0.298 e. The molecule has 0 saturated carbocycles. The lowest BCUT2D eigenvalue weighted by atomic mass is 9.99. The Bertz CT molecular complexity index is 412. The van der Waals surface area contributed by atoms with Crippen molar-refractivity contribution in [1.29, 1.82) is 0 Å². The van der Waals surface area contributed by atoms with Crippen LogP contribution in [0.4, 0.5) is 0 Å². The van der Waals surface area contributed by atoms with E-state index in [0.29, 0.717) is 0 Å². The Balaban J connectivity index is 1.62. The molecular formula is C14H24N4. The van der Waals surface area contributed by atoms with Crippen LogP contribution in [0.1, 0.15) is 30.5 Å². The van der Waals surface area contributed by atoms with E-state index in [2.05, 4.69) is 21.8 Å². The number of aromatic nitrogens is 2. The highest BCUT2D eigenvalue weighted by Crippen LogP contribution is 2.22. The second-order valence-electron chi connectivity index (χ2n) is 5.80. The first-order valence-corrected chi connectivity index (χ1v) is 7.18. The third-order valence-electron chi connectivity index (χ3n) is 4.65. The van der Waals surface area contributed by atoms with Gasteiger partial charge < -0.3 is 0 Å². The molecule has 0 bridgehead atoms. The van der Waals surface area contributed by atoms with Crippen LogP contribution in [0, 0.1) is 6.92 Å². The van der Waals surface area contributed by atoms with Gasteiger partial charge in [0.2, 0.25) is 0 Å². The monoisotopic (exact) mass is 248 g/mol. The highest BCUT2D eigenvalue weighted by atomic mass is 15.3. The maximum absolute atomic E-state index is 4.34. The number of rotatable bonds is 2. The zero-order chi connectivity index (χ0) is 12.5. The number of piperidine rings is 1. The zero-order valence-corrected chi connectivity index (χ0v) is 11.6. The van der Waals surface area contributed by atoms with Crippen molar-refractivity contribution in [2.45, 2.75) is 38.8 Å². The van der Waals surface area contributed by atoms with Crippen molar-refractivity contribution in [3.63, 3.8) is 0 Å². The summed E-state index contributed by atoms with van der Waals surface area (Å²) in [6.07, 6.45) is 6.24. The molecule has 2 fully saturated rings. The van der Waals surface area contributed by atoms with Gasteiger partial charge in [0.05, 0.1) is 6.20 Å². The molecule has 2 aliphatic heterocycles. The smallest absolute Gasteiger partial charge is 0.0537 e. The fourth-order valence-electron chi connectivity index (χ4n) is 3.30. The Morgan fingerprint density at radius 1 is 1.28 bits per heavy atom. The lowest BCUT2D eigenvalue weighted by Crippen LogP contribution is -2.54. The van der Waals surface area contributed by atoms with Crippen LogP contribution in [-0.2, 0) is 13.6 Å². The molecular weight excluding hydrogens is 224 g/mol. The van der Waals surface area contributed by atoms with Crippen LogP contribution in [-0.4, -0.2) is 51.8 Å². The molecule has 1 atom stereocenters. The van der Waals surface area contributed by atoms with Gasteiger partial charge in [0.1, 0.15) is 0 Å². The number of hydrogen-bond acceptors (Lipinski definition) is 3. The Morgan fingerprint density at radius 2 is 2.17 bits per heavy atom. The maximum atomic E-state index is 4.34. The standard InChI is InChI=1S/C14H24N4/c1-12-13(9-15-16(12)2)10-17-7-8-18-6-4-3-5-14(18)11-17/h9,14H,3-8,10-11H2,1-2H3/t14-/m1/s1. The van der Waals surface area contributed by atoms with Crippen LogP contribution in [0.3, 0.4) is 0 Å². The zero-order valence-electron chi connectivity index (χ0n) is 11.6. The quantitative estimate of drug-likeness (QED) is 0.790. The van der Waals surface area contributed by atoms with E-state index in [-0.39, 0.29) is 0 Å². The fraction of sp³-hybridized carbons (Fsp3) is 0.786. The van der Waals surface area contributed by atoms with Gasteiger partial charge in [-0.25, -0.2) is 0 Å². The molecule has 100 valence electrons. The average molecular weight is 248 g/mol.